The number of anilines is 1. The topological polar surface area (TPSA) is 65.1 Å². The standard InChI is InChI=1S/C24H33FN4O3/c25-18-1-3-19(4-2-18)28-15-13-27(14-16-28)10-6-20-17-24(23(31)32-20)7-11-29(12-8-24)22(30)21-5-9-26-21/h1-4,20-21,26H,5-17H2/t20-,21?/m0/s1. The van der Waals surface area contributed by atoms with Crippen LogP contribution < -0.4 is 10.2 Å². The largest absolute Gasteiger partial charge is 0.462 e. The van der Waals surface area contributed by atoms with Crippen LogP contribution in [0.3, 0.4) is 0 Å². The maximum Gasteiger partial charge on any atom is 0.312 e. The van der Waals surface area contributed by atoms with E-state index in [2.05, 4.69) is 15.1 Å². The third-order valence-electron chi connectivity index (χ3n) is 7.81. The molecule has 4 heterocycles. The Balaban J connectivity index is 1.06. The van der Waals surface area contributed by atoms with E-state index in [0.717, 1.165) is 77.1 Å². The van der Waals surface area contributed by atoms with Gasteiger partial charge in [0.2, 0.25) is 5.91 Å². The summed E-state index contributed by atoms with van der Waals surface area (Å²) in [4.78, 5) is 31.8. The first-order chi connectivity index (χ1) is 15.5. The number of carbonyl (C=O) groups is 2. The van der Waals surface area contributed by atoms with E-state index in [0.29, 0.717) is 13.1 Å². The van der Waals surface area contributed by atoms with Crippen molar-refractivity contribution >= 4 is 17.6 Å². The molecule has 4 aliphatic rings. The number of nitrogens with one attached hydrogen (secondary N) is 1. The van der Waals surface area contributed by atoms with Gasteiger partial charge in [-0.1, -0.05) is 0 Å². The number of carbonyl (C=O) groups excluding carboxylic acids is 2. The number of halogens is 1. The molecule has 2 atom stereocenters. The lowest BCUT2D eigenvalue weighted by Gasteiger charge is -2.39. The Kier molecular flexibility index (Phi) is 6.07. The van der Waals surface area contributed by atoms with Crippen molar-refractivity contribution in [2.45, 2.75) is 44.2 Å². The second kappa shape index (κ2) is 8.98. The molecule has 5 rings (SSSR count). The lowest BCUT2D eigenvalue weighted by atomic mass is 9.75. The van der Waals surface area contributed by atoms with Crippen LogP contribution >= 0.6 is 0 Å². The Bertz CT molecular complexity index is 828. The maximum absolute atomic E-state index is 13.1. The van der Waals surface area contributed by atoms with Gasteiger partial charge in [-0.25, -0.2) is 4.39 Å². The molecule has 1 amide bonds. The van der Waals surface area contributed by atoms with E-state index in [4.69, 9.17) is 4.74 Å². The van der Waals surface area contributed by atoms with Gasteiger partial charge in [-0.3, -0.25) is 14.5 Å². The quantitative estimate of drug-likeness (QED) is 0.697. The van der Waals surface area contributed by atoms with E-state index < -0.39 is 5.41 Å². The van der Waals surface area contributed by atoms with Crippen LogP contribution in [-0.2, 0) is 14.3 Å². The number of likely N-dealkylation sites (tertiary alicyclic amines) is 1. The van der Waals surface area contributed by atoms with Crippen LogP contribution in [-0.4, -0.2) is 86.2 Å². The van der Waals surface area contributed by atoms with Gasteiger partial charge in [0.25, 0.3) is 0 Å². The molecule has 1 N–H and O–H groups in total. The molecule has 4 aliphatic heterocycles. The van der Waals surface area contributed by atoms with Crippen LogP contribution in [0.25, 0.3) is 0 Å². The fourth-order valence-electron chi connectivity index (χ4n) is 5.49. The lowest BCUT2D eigenvalue weighted by Crippen LogP contribution is -2.56. The zero-order chi connectivity index (χ0) is 22.1. The molecular formula is C24H33FN4O3. The summed E-state index contributed by atoms with van der Waals surface area (Å²) in [6.07, 6.45) is 3.98. The Hall–Kier alpha value is -2.19. The number of piperidine rings is 1. The molecule has 0 aromatic heterocycles. The molecule has 7 nitrogen and oxygen atoms in total. The minimum absolute atomic E-state index is 0.0177. The monoisotopic (exact) mass is 444 g/mol. The highest BCUT2D eigenvalue weighted by molar-refractivity contribution is 5.84. The Morgan fingerprint density at radius 3 is 2.41 bits per heavy atom. The zero-order valence-electron chi connectivity index (χ0n) is 18.6. The van der Waals surface area contributed by atoms with E-state index in [1.807, 2.05) is 17.0 Å². The van der Waals surface area contributed by atoms with Gasteiger partial charge in [-0.05, 0) is 56.5 Å². The molecule has 0 bridgehead atoms. The van der Waals surface area contributed by atoms with E-state index >= 15 is 0 Å². The lowest BCUT2D eigenvalue weighted by molar-refractivity contribution is -0.153. The molecule has 4 fully saturated rings. The number of hydrogen-bond donors (Lipinski definition) is 1. The molecule has 1 aromatic rings. The highest BCUT2D eigenvalue weighted by Crippen LogP contribution is 2.44. The molecule has 32 heavy (non-hydrogen) atoms. The molecule has 1 aromatic carbocycles. The number of piperazine rings is 1. The van der Waals surface area contributed by atoms with Gasteiger partial charge in [0, 0.05) is 57.9 Å². The number of hydrogen-bond acceptors (Lipinski definition) is 6. The number of benzene rings is 1. The van der Waals surface area contributed by atoms with E-state index in [1.54, 1.807) is 0 Å². The first kappa shape index (κ1) is 21.6. The van der Waals surface area contributed by atoms with Gasteiger partial charge in [0.15, 0.2) is 0 Å². The molecule has 8 heteroatoms. The smallest absolute Gasteiger partial charge is 0.312 e. The predicted octanol–water partition coefficient (Wildman–Crippen LogP) is 1.62. The number of esters is 1. The Labute approximate surface area is 188 Å². The normalized spacial score (nSPS) is 28.0. The van der Waals surface area contributed by atoms with Crippen LogP contribution in [0.15, 0.2) is 24.3 Å². The molecule has 0 aliphatic carbocycles. The highest BCUT2D eigenvalue weighted by atomic mass is 19.1. The van der Waals surface area contributed by atoms with Crippen molar-refractivity contribution < 1.29 is 18.7 Å². The number of rotatable bonds is 5. The maximum atomic E-state index is 13.1. The van der Waals surface area contributed by atoms with Crippen molar-refractivity contribution in [3.05, 3.63) is 30.1 Å². The zero-order valence-corrected chi connectivity index (χ0v) is 18.6. The second-order valence-electron chi connectivity index (χ2n) is 9.73. The average Bonchev–Trinajstić information content (AvgIpc) is 3.07. The van der Waals surface area contributed by atoms with Gasteiger partial charge >= 0.3 is 5.97 Å². The van der Waals surface area contributed by atoms with Crippen LogP contribution in [0, 0.1) is 11.2 Å². The van der Waals surface area contributed by atoms with E-state index in [-0.39, 0.29) is 29.8 Å². The van der Waals surface area contributed by atoms with Crippen molar-refractivity contribution in [3.63, 3.8) is 0 Å². The number of ether oxygens (including phenoxy) is 1. The molecule has 0 radical (unpaired) electrons. The van der Waals surface area contributed by atoms with Crippen LogP contribution in [0.4, 0.5) is 10.1 Å². The van der Waals surface area contributed by atoms with Gasteiger partial charge in [0.05, 0.1) is 11.5 Å². The van der Waals surface area contributed by atoms with Crippen LogP contribution in [0.2, 0.25) is 0 Å². The molecule has 0 saturated carbocycles. The summed E-state index contributed by atoms with van der Waals surface area (Å²) in [5.41, 5.74) is 0.672. The highest BCUT2D eigenvalue weighted by Gasteiger charge is 2.51. The number of cyclic esters (lactones) is 1. The number of amides is 1. The van der Waals surface area contributed by atoms with Gasteiger partial charge in [0.1, 0.15) is 11.9 Å². The molecule has 1 spiro atoms. The molecule has 4 saturated heterocycles. The third-order valence-corrected chi connectivity index (χ3v) is 7.81. The summed E-state index contributed by atoms with van der Waals surface area (Å²) in [6, 6.07) is 6.68. The van der Waals surface area contributed by atoms with E-state index in [1.165, 1.54) is 12.1 Å². The van der Waals surface area contributed by atoms with Crippen LogP contribution in [0.5, 0.6) is 0 Å². The SMILES string of the molecule is O=C(C1CCN1)N1CCC2(CC1)C[C@H](CCN1CCN(c3ccc(F)cc3)CC1)OC2=O. The van der Waals surface area contributed by atoms with Crippen LogP contribution in [0.1, 0.15) is 32.1 Å². The Morgan fingerprint density at radius 1 is 1.09 bits per heavy atom. The first-order valence-electron chi connectivity index (χ1n) is 12.0. The van der Waals surface area contributed by atoms with Crippen molar-refractivity contribution in [1.29, 1.82) is 0 Å². The first-order valence-corrected chi connectivity index (χ1v) is 12.0. The van der Waals surface area contributed by atoms with Crippen molar-refractivity contribution in [1.82, 2.24) is 15.1 Å². The average molecular weight is 445 g/mol. The summed E-state index contributed by atoms with van der Waals surface area (Å²) in [5, 5.41) is 3.18. The summed E-state index contributed by atoms with van der Waals surface area (Å²) in [6.45, 7) is 6.89. The second-order valence-corrected chi connectivity index (χ2v) is 9.73. The molecule has 1 unspecified atom stereocenters. The minimum atomic E-state index is -0.393. The molecule has 174 valence electrons. The van der Waals surface area contributed by atoms with Gasteiger partial charge < -0.3 is 19.9 Å². The third kappa shape index (κ3) is 4.35. The number of nitrogens with zero attached hydrogens (tertiary/aromatic N) is 3. The van der Waals surface area contributed by atoms with Gasteiger partial charge in [-0.2, -0.15) is 0 Å². The van der Waals surface area contributed by atoms with Crippen molar-refractivity contribution in [2.24, 2.45) is 5.41 Å². The summed E-state index contributed by atoms with van der Waals surface area (Å²) >= 11 is 0. The summed E-state index contributed by atoms with van der Waals surface area (Å²) in [7, 11) is 0. The summed E-state index contributed by atoms with van der Waals surface area (Å²) < 4.78 is 18.9. The van der Waals surface area contributed by atoms with E-state index in [9.17, 15) is 14.0 Å². The summed E-state index contributed by atoms with van der Waals surface area (Å²) in [5.74, 6) is -0.0739. The van der Waals surface area contributed by atoms with Crippen molar-refractivity contribution in [2.75, 3.05) is 57.3 Å². The molecular weight excluding hydrogens is 411 g/mol. The van der Waals surface area contributed by atoms with Gasteiger partial charge in [-0.15, -0.1) is 0 Å². The fourth-order valence-corrected chi connectivity index (χ4v) is 5.49. The Morgan fingerprint density at radius 2 is 1.78 bits per heavy atom. The van der Waals surface area contributed by atoms with Crippen molar-refractivity contribution in [3.8, 4) is 0 Å². The minimum Gasteiger partial charge on any atom is -0.462 e. The predicted molar refractivity (Wildman–Crippen MR) is 119 cm³/mol. The fraction of sp³-hybridized carbons (Fsp3) is 0.667.